The van der Waals surface area contributed by atoms with Crippen LogP contribution in [0, 0.1) is 18.2 Å². The third-order valence-corrected chi connectivity index (χ3v) is 5.51. The Bertz CT molecular complexity index is 1280. The molecule has 0 aliphatic rings. The third-order valence-electron chi connectivity index (χ3n) is 5.02. The van der Waals surface area contributed by atoms with Gasteiger partial charge in [-0.2, -0.15) is 0 Å². The minimum Gasteiger partial charge on any atom is -0.305 e. The second-order valence-corrected chi connectivity index (χ2v) is 8.53. The summed E-state index contributed by atoms with van der Waals surface area (Å²) in [5.74, 6) is 0. The van der Waals surface area contributed by atoms with Gasteiger partial charge in [-0.25, -0.2) is 0 Å². The van der Waals surface area contributed by atoms with Crippen molar-refractivity contribution in [2.45, 2.75) is 0 Å². The van der Waals surface area contributed by atoms with E-state index < -0.39 is 0 Å². The van der Waals surface area contributed by atoms with Crippen molar-refractivity contribution in [1.82, 2.24) is 15.0 Å². The summed E-state index contributed by atoms with van der Waals surface area (Å²) in [4.78, 5) is 12.7. The molecule has 0 atom stereocenters. The molecular weight excluding hydrogens is 711 g/mol. The van der Waals surface area contributed by atoms with Gasteiger partial charge in [0.1, 0.15) is 0 Å². The maximum Gasteiger partial charge on any atom is 3.00 e. The number of hydrogen-bond acceptors (Lipinski definition) is 3. The van der Waals surface area contributed by atoms with Crippen molar-refractivity contribution in [1.29, 1.82) is 0 Å². The Kier molecular flexibility index (Phi) is 12.2. The van der Waals surface area contributed by atoms with Crippen LogP contribution in [0.25, 0.3) is 33.8 Å². The first kappa shape index (κ1) is 28.8. The maximum atomic E-state index is 4.23. The van der Waals surface area contributed by atoms with Gasteiger partial charge in [0.15, 0.2) is 0 Å². The Morgan fingerprint density at radius 1 is 0.447 bits per heavy atom. The minimum absolute atomic E-state index is 0. The second-order valence-electron chi connectivity index (χ2n) is 7.62. The molecule has 0 amide bonds. The van der Waals surface area contributed by atoms with Gasteiger partial charge >= 0.3 is 20.1 Å². The van der Waals surface area contributed by atoms with E-state index in [1.807, 2.05) is 121 Å². The molecule has 186 valence electrons. The molecule has 0 fully saturated rings. The predicted octanol–water partition coefficient (Wildman–Crippen LogP) is 8.41. The molecule has 3 aromatic carbocycles. The molecule has 3 aromatic heterocycles. The Morgan fingerprint density at radius 3 is 1.18 bits per heavy atom. The summed E-state index contributed by atoms with van der Waals surface area (Å²) in [6.45, 7) is 0. The third kappa shape index (κ3) is 9.28. The van der Waals surface area contributed by atoms with E-state index in [1.54, 1.807) is 18.6 Å². The fourth-order valence-corrected chi connectivity index (χ4v) is 3.48. The number of halogens is 1. The van der Waals surface area contributed by atoms with Gasteiger partial charge in [-0.15, -0.1) is 118 Å². The molecule has 3 nitrogen and oxygen atoms in total. The summed E-state index contributed by atoms with van der Waals surface area (Å²) in [7, 11) is 0. The number of nitrogens with zero attached hydrogens (tertiary/aromatic N) is 3. The number of aromatic nitrogens is 3. The van der Waals surface area contributed by atoms with Crippen molar-refractivity contribution >= 4 is 15.9 Å². The van der Waals surface area contributed by atoms with E-state index in [-0.39, 0.29) is 20.1 Å². The first-order valence-electron chi connectivity index (χ1n) is 11.6. The van der Waals surface area contributed by atoms with Gasteiger partial charge in [0, 0.05) is 18.6 Å². The molecule has 0 saturated carbocycles. The molecular formula is C33H23BrIrN3. The standard InChI is InChI=1S/C11H7BrN.2C11H8N.Ir/c12-10-6-4-9(5-7-10)11-3-1-2-8-13-11;2*1-2-6-10(7-3-1)11-8-4-5-9-12-11;/h1-4,6-8H;2*1-6,8-9H;/q3*-1;+3. The molecule has 0 unspecified atom stereocenters. The Balaban J connectivity index is 0.000000156. The van der Waals surface area contributed by atoms with Gasteiger partial charge < -0.3 is 15.0 Å². The molecule has 6 rings (SSSR count). The molecule has 0 N–H and O–H groups in total. The van der Waals surface area contributed by atoms with E-state index >= 15 is 0 Å². The second kappa shape index (κ2) is 16.2. The molecule has 0 spiro atoms. The van der Waals surface area contributed by atoms with E-state index in [9.17, 15) is 0 Å². The van der Waals surface area contributed by atoms with E-state index in [4.69, 9.17) is 0 Å². The fourth-order valence-electron chi connectivity index (χ4n) is 3.24. The number of rotatable bonds is 3. The van der Waals surface area contributed by atoms with Crippen LogP contribution in [0.2, 0.25) is 0 Å². The molecule has 6 aromatic rings. The molecule has 0 aliphatic heterocycles. The first-order chi connectivity index (χ1) is 18.3. The molecule has 0 bridgehead atoms. The topological polar surface area (TPSA) is 38.7 Å². The zero-order valence-electron chi connectivity index (χ0n) is 20.3. The van der Waals surface area contributed by atoms with Crippen LogP contribution in [0.4, 0.5) is 0 Å². The van der Waals surface area contributed by atoms with Crippen LogP contribution in [-0.2, 0) is 20.1 Å². The van der Waals surface area contributed by atoms with Crippen molar-refractivity contribution in [3.8, 4) is 33.8 Å². The average Bonchev–Trinajstić information content (AvgIpc) is 3.00. The van der Waals surface area contributed by atoms with Crippen LogP contribution in [0.5, 0.6) is 0 Å². The predicted molar refractivity (Wildman–Crippen MR) is 153 cm³/mol. The largest absolute Gasteiger partial charge is 3.00 e. The van der Waals surface area contributed by atoms with Crippen LogP contribution in [0.3, 0.4) is 0 Å². The molecule has 38 heavy (non-hydrogen) atoms. The van der Waals surface area contributed by atoms with Crippen LogP contribution in [-0.4, -0.2) is 15.0 Å². The summed E-state index contributed by atoms with van der Waals surface area (Å²) in [6.07, 6.45) is 5.36. The van der Waals surface area contributed by atoms with Crippen LogP contribution >= 0.6 is 15.9 Å². The number of hydrogen-bond donors (Lipinski definition) is 0. The number of benzene rings is 3. The summed E-state index contributed by atoms with van der Waals surface area (Å²) in [5, 5.41) is 0. The molecule has 3 heterocycles. The van der Waals surface area contributed by atoms with Gasteiger partial charge in [0.05, 0.1) is 0 Å². The van der Waals surface area contributed by atoms with Gasteiger partial charge in [-0.3, -0.25) is 0 Å². The van der Waals surface area contributed by atoms with Crippen molar-refractivity contribution in [3.63, 3.8) is 0 Å². The van der Waals surface area contributed by atoms with Gasteiger partial charge in [-0.1, -0.05) is 40.9 Å². The van der Waals surface area contributed by atoms with E-state index in [2.05, 4.69) is 49.1 Å². The van der Waals surface area contributed by atoms with Crippen LogP contribution in [0.15, 0.2) is 144 Å². The Hall–Kier alpha value is -3.76. The fraction of sp³-hybridized carbons (Fsp3) is 0. The zero-order chi connectivity index (χ0) is 25.5. The summed E-state index contributed by atoms with van der Waals surface area (Å²) >= 11 is 3.37. The Labute approximate surface area is 246 Å². The van der Waals surface area contributed by atoms with Gasteiger partial charge in [0.2, 0.25) is 0 Å². The van der Waals surface area contributed by atoms with Gasteiger partial charge in [-0.05, 0) is 35.3 Å². The summed E-state index contributed by atoms with van der Waals surface area (Å²) in [5.41, 5.74) is 5.99. The van der Waals surface area contributed by atoms with Crippen molar-refractivity contribution in [2.24, 2.45) is 0 Å². The minimum atomic E-state index is 0. The first-order valence-corrected chi connectivity index (χ1v) is 12.4. The molecule has 0 radical (unpaired) electrons. The van der Waals surface area contributed by atoms with Crippen LogP contribution in [0.1, 0.15) is 0 Å². The van der Waals surface area contributed by atoms with Gasteiger partial charge in [0.25, 0.3) is 0 Å². The monoisotopic (exact) mass is 733 g/mol. The normalized spacial score (nSPS) is 9.50. The molecule has 0 saturated heterocycles. The maximum absolute atomic E-state index is 4.23. The average molecular weight is 734 g/mol. The number of pyridine rings is 3. The zero-order valence-corrected chi connectivity index (χ0v) is 24.3. The van der Waals surface area contributed by atoms with Crippen LogP contribution < -0.4 is 0 Å². The smallest absolute Gasteiger partial charge is 0.305 e. The quantitative estimate of drug-likeness (QED) is 0.172. The molecule has 5 heteroatoms. The summed E-state index contributed by atoms with van der Waals surface area (Å²) in [6, 6.07) is 48.5. The molecule has 0 aliphatic carbocycles. The van der Waals surface area contributed by atoms with Crippen molar-refractivity contribution < 1.29 is 20.1 Å². The SMILES string of the molecule is Brc1c[c-]c(-c2ccccn2)cc1.[Ir+3].[c-]1ccccc1-c1ccccn1.[c-]1ccccc1-c1ccccn1. The van der Waals surface area contributed by atoms with E-state index in [1.165, 1.54) is 0 Å². The van der Waals surface area contributed by atoms with Crippen molar-refractivity contribution in [2.75, 3.05) is 0 Å². The van der Waals surface area contributed by atoms with E-state index in [0.717, 1.165) is 38.2 Å². The summed E-state index contributed by atoms with van der Waals surface area (Å²) < 4.78 is 1.03. The van der Waals surface area contributed by atoms with Crippen molar-refractivity contribution in [3.05, 3.63) is 163 Å². The Morgan fingerprint density at radius 2 is 0.868 bits per heavy atom. The van der Waals surface area contributed by atoms with E-state index in [0.29, 0.717) is 0 Å².